The molecule has 0 radical (unpaired) electrons. The summed E-state index contributed by atoms with van der Waals surface area (Å²) in [5.41, 5.74) is 6.61. The van der Waals surface area contributed by atoms with Crippen molar-refractivity contribution in [1.82, 2.24) is 0 Å². The molecular formula is C15H21N. The van der Waals surface area contributed by atoms with E-state index in [-0.39, 0.29) is 0 Å². The van der Waals surface area contributed by atoms with Crippen molar-refractivity contribution in [3.63, 3.8) is 0 Å². The van der Waals surface area contributed by atoms with E-state index < -0.39 is 0 Å². The van der Waals surface area contributed by atoms with Gasteiger partial charge >= 0.3 is 0 Å². The van der Waals surface area contributed by atoms with Gasteiger partial charge in [-0.15, -0.1) is 0 Å². The van der Waals surface area contributed by atoms with Crippen LogP contribution in [0.25, 0.3) is 0 Å². The van der Waals surface area contributed by atoms with Crippen molar-refractivity contribution < 1.29 is 0 Å². The van der Waals surface area contributed by atoms with Crippen molar-refractivity contribution >= 4 is 0 Å². The summed E-state index contributed by atoms with van der Waals surface area (Å²) >= 11 is 0. The quantitative estimate of drug-likeness (QED) is 0.658. The first kappa shape index (κ1) is 8.13. The highest BCUT2D eigenvalue weighted by atomic mass is 14.9. The maximum absolute atomic E-state index is 6.61. The van der Waals surface area contributed by atoms with Gasteiger partial charge < -0.3 is 5.73 Å². The summed E-state index contributed by atoms with van der Waals surface area (Å²) in [5, 5.41) is 0. The van der Waals surface area contributed by atoms with Crippen molar-refractivity contribution in [1.29, 1.82) is 0 Å². The Balaban J connectivity index is 1.41. The van der Waals surface area contributed by atoms with E-state index in [4.69, 9.17) is 5.73 Å². The molecule has 6 aliphatic carbocycles. The maximum atomic E-state index is 6.61. The van der Waals surface area contributed by atoms with Gasteiger partial charge in [0.25, 0.3) is 0 Å². The Kier molecular flexibility index (Phi) is 1.08. The Hall–Kier alpha value is -0.0400. The van der Waals surface area contributed by atoms with Crippen LogP contribution in [0.3, 0.4) is 0 Å². The molecule has 0 aromatic rings. The number of nitrogens with two attached hydrogens (primary N) is 1. The normalized spacial score (nSPS) is 80.4. The lowest BCUT2D eigenvalue weighted by Gasteiger charge is -2.74. The summed E-state index contributed by atoms with van der Waals surface area (Å²) in [4.78, 5) is 0. The highest BCUT2D eigenvalue weighted by Crippen LogP contribution is 2.82. The van der Waals surface area contributed by atoms with E-state index in [1.54, 1.807) is 19.3 Å². The van der Waals surface area contributed by atoms with Crippen LogP contribution in [0.1, 0.15) is 25.7 Å². The Morgan fingerprint density at radius 1 is 0.500 bits per heavy atom. The molecule has 6 aliphatic rings. The molecule has 0 spiro atoms. The molecule has 0 aromatic carbocycles. The largest absolute Gasteiger partial charge is 0.327 e. The van der Waals surface area contributed by atoms with Crippen LogP contribution in [-0.2, 0) is 0 Å². The number of rotatable bonds is 0. The third-order valence-corrected chi connectivity index (χ3v) is 8.30. The zero-order valence-electron chi connectivity index (χ0n) is 9.76. The molecule has 0 aliphatic heterocycles. The molecule has 1 nitrogen and oxygen atoms in total. The summed E-state index contributed by atoms with van der Waals surface area (Å²) in [6.07, 6.45) is 6.23. The van der Waals surface area contributed by atoms with E-state index in [9.17, 15) is 0 Å². The second kappa shape index (κ2) is 2.13. The van der Waals surface area contributed by atoms with Gasteiger partial charge in [0, 0.05) is 6.04 Å². The fourth-order valence-electron chi connectivity index (χ4n) is 7.68. The predicted molar refractivity (Wildman–Crippen MR) is 61.3 cm³/mol. The average Bonchev–Trinajstić information content (AvgIpc) is 2.39. The zero-order valence-corrected chi connectivity index (χ0v) is 9.76. The van der Waals surface area contributed by atoms with Crippen LogP contribution in [-0.4, -0.2) is 6.04 Å². The highest BCUT2D eigenvalue weighted by Gasteiger charge is 2.79. The second-order valence-corrected chi connectivity index (χ2v) is 7.85. The van der Waals surface area contributed by atoms with Gasteiger partial charge in [0.15, 0.2) is 0 Å². The molecule has 11 atom stereocenters. The van der Waals surface area contributed by atoms with Gasteiger partial charge in [0.1, 0.15) is 0 Å². The lowest BCUT2D eigenvalue weighted by molar-refractivity contribution is -0.263. The number of fused-ring (bicyclic) bond motifs is 12. The molecule has 6 fully saturated rings. The van der Waals surface area contributed by atoms with E-state index in [1.165, 1.54) is 18.3 Å². The molecule has 6 rings (SSSR count). The monoisotopic (exact) mass is 215 g/mol. The van der Waals surface area contributed by atoms with E-state index in [1.807, 2.05) is 0 Å². The van der Waals surface area contributed by atoms with Gasteiger partial charge in [0.05, 0.1) is 0 Å². The third-order valence-electron chi connectivity index (χ3n) is 8.30. The molecular weight excluding hydrogens is 194 g/mol. The van der Waals surface area contributed by atoms with E-state index in [2.05, 4.69) is 0 Å². The number of hydrogen-bond acceptors (Lipinski definition) is 1. The molecule has 0 amide bonds. The predicted octanol–water partition coefficient (Wildman–Crippen LogP) is 2.12. The summed E-state index contributed by atoms with van der Waals surface area (Å²) < 4.78 is 0. The Morgan fingerprint density at radius 3 is 1.50 bits per heavy atom. The van der Waals surface area contributed by atoms with Crippen LogP contribution < -0.4 is 5.73 Å². The van der Waals surface area contributed by atoms with Gasteiger partial charge in [-0.1, -0.05) is 0 Å². The van der Waals surface area contributed by atoms with Crippen molar-refractivity contribution in [3.05, 3.63) is 0 Å². The van der Waals surface area contributed by atoms with Gasteiger partial charge in [-0.2, -0.15) is 0 Å². The molecule has 6 saturated carbocycles. The van der Waals surface area contributed by atoms with Crippen molar-refractivity contribution in [2.24, 2.45) is 64.9 Å². The SMILES string of the molecule is NC1C2C3CCC3C2C2C1C1C3CCC3C12. The minimum atomic E-state index is 0.638. The lowest BCUT2D eigenvalue weighted by Crippen LogP contribution is -2.70. The molecule has 0 heterocycles. The van der Waals surface area contributed by atoms with Gasteiger partial charge in [-0.3, -0.25) is 0 Å². The molecule has 1 heteroatoms. The molecule has 0 saturated heterocycles. The van der Waals surface area contributed by atoms with Gasteiger partial charge in [-0.25, -0.2) is 0 Å². The van der Waals surface area contributed by atoms with Crippen molar-refractivity contribution in [2.45, 2.75) is 31.7 Å². The smallest absolute Gasteiger partial charge is 0.0107 e. The topological polar surface area (TPSA) is 26.0 Å². The van der Waals surface area contributed by atoms with Crippen molar-refractivity contribution in [2.75, 3.05) is 0 Å². The molecule has 0 bridgehead atoms. The molecule has 11 unspecified atom stereocenters. The van der Waals surface area contributed by atoms with Crippen LogP contribution >= 0.6 is 0 Å². The maximum Gasteiger partial charge on any atom is 0.0107 e. The minimum absolute atomic E-state index is 0.638. The standard InChI is InChI=1S/C15H21N/c16-15-12-8-4-3-7(8)11(12)13-9-5-1-2-6(5)10(9)14(13)15/h5-15H,1-4,16H2. The lowest BCUT2D eigenvalue weighted by atomic mass is 9.31. The molecule has 86 valence electrons. The average molecular weight is 215 g/mol. The summed E-state index contributed by atoms with van der Waals surface area (Å²) in [7, 11) is 0. The van der Waals surface area contributed by atoms with Gasteiger partial charge in [-0.05, 0) is 84.9 Å². The summed E-state index contributed by atoms with van der Waals surface area (Å²) in [5.74, 6) is 11.2. The summed E-state index contributed by atoms with van der Waals surface area (Å²) in [6, 6.07) is 0.638. The molecule has 16 heavy (non-hydrogen) atoms. The van der Waals surface area contributed by atoms with Crippen LogP contribution in [0.2, 0.25) is 0 Å². The van der Waals surface area contributed by atoms with E-state index in [0.717, 1.165) is 47.3 Å². The first-order chi connectivity index (χ1) is 7.88. The second-order valence-electron chi connectivity index (χ2n) is 7.85. The fourth-order valence-corrected chi connectivity index (χ4v) is 7.68. The zero-order chi connectivity index (χ0) is 10.2. The van der Waals surface area contributed by atoms with E-state index in [0.29, 0.717) is 6.04 Å². The first-order valence-corrected chi connectivity index (χ1v) is 7.63. The molecule has 0 aromatic heterocycles. The van der Waals surface area contributed by atoms with Crippen molar-refractivity contribution in [3.8, 4) is 0 Å². The minimum Gasteiger partial charge on any atom is -0.327 e. The first-order valence-electron chi connectivity index (χ1n) is 7.63. The Bertz CT molecular complexity index is 391. The van der Waals surface area contributed by atoms with Crippen LogP contribution in [0.15, 0.2) is 0 Å². The Morgan fingerprint density at radius 2 is 0.938 bits per heavy atom. The van der Waals surface area contributed by atoms with Crippen LogP contribution in [0.4, 0.5) is 0 Å². The van der Waals surface area contributed by atoms with Gasteiger partial charge in [0.2, 0.25) is 0 Å². The third kappa shape index (κ3) is 0.539. The van der Waals surface area contributed by atoms with Crippen LogP contribution in [0.5, 0.6) is 0 Å². The van der Waals surface area contributed by atoms with E-state index >= 15 is 0 Å². The highest BCUT2D eigenvalue weighted by molar-refractivity contribution is 5.28. The van der Waals surface area contributed by atoms with Crippen LogP contribution in [0, 0.1) is 59.2 Å². The molecule has 2 N–H and O–H groups in total. The number of hydrogen-bond donors (Lipinski definition) is 1. The summed E-state index contributed by atoms with van der Waals surface area (Å²) in [6.45, 7) is 0. The Labute approximate surface area is 97.2 Å². The fraction of sp³-hybridized carbons (Fsp3) is 1.00.